The van der Waals surface area contributed by atoms with Crippen LogP contribution in [0.1, 0.15) is 34.1 Å². The van der Waals surface area contributed by atoms with Gasteiger partial charge in [0.2, 0.25) is 0 Å². The molecule has 0 aromatic rings. The lowest BCUT2D eigenvalue weighted by atomic mass is 9.72. The van der Waals surface area contributed by atoms with Crippen LogP contribution in [0.4, 0.5) is 0 Å². The summed E-state index contributed by atoms with van der Waals surface area (Å²) in [7, 11) is 0. The molecular formula is C10H21N. The largest absolute Gasteiger partial charge is 0.316 e. The molecule has 1 heteroatoms. The van der Waals surface area contributed by atoms with E-state index in [1.54, 1.807) is 0 Å². The summed E-state index contributed by atoms with van der Waals surface area (Å²) in [6.07, 6.45) is 1.30. The van der Waals surface area contributed by atoms with Crippen molar-refractivity contribution < 1.29 is 0 Å². The van der Waals surface area contributed by atoms with Crippen LogP contribution in [-0.2, 0) is 0 Å². The Morgan fingerprint density at radius 1 is 1.36 bits per heavy atom. The van der Waals surface area contributed by atoms with Crippen molar-refractivity contribution in [2.75, 3.05) is 13.1 Å². The molecule has 1 rings (SSSR count). The second-order valence-electron chi connectivity index (χ2n) is 4.58. The summed E-state index contributed by atoms with van der Waals surface area (Å²) in [6, 6.07) is 0. The van der Waals surface area contributed by atoms with Crippen LogP contribution in [0.3, 0.4) is 0 Å². The highest BCUT2D eigenvalue weighted by Crippen LogP contribution is 2.37. The zero-order valence-electron chi connectivity index (χ0n) is 8.28. The molecule has 0 amide bonds. The second kappa shape index (κ2) is 3.14. The van der Waals surface area contributed by atoms with Crippen molar-refractivity contribution in [3.63, 3.8) is 0 Å². The van der Waals surface area contributed by atoms with Crippen LogP contribution in [0, 0.1) is 17.3 Å². The lowest BCUT2D eigenvalue weighted by Crippen LogP contribution is -2.28. The third-order valence-corrected chi connectivity index (χ3v) is 3.43. The molecule has 1 nitrogen and oxygen atoms in total. The molecule has 1 N–H and O–H groups in total. The average molecular weight is 155 g/mol. The Kier molecular flexibility index (Phi) is 2.58. The molecule has 0 saturated carbocycles. The summed E-state index contributed by atoms with van der Waals surface area (Å²) in [5.74, 6) is 1.75. The molecule has 0 bridgehead atoms. The molecule has 0 aromatic carbocycles. The summed E-state index contributed by atoms with van der Waals surface area (Å²) in [5.41, 5.74) is 0.531. The van der Waals surface area contributed by atoms with Gasteiger partial charge in [-0.3, -0.25) is 0 Å². The predicted molar refractivity (Wildman–Crippen MR) is 49.6 cm³/mol. The zero-order valence-corrected chi connectivity index (χ0v) is 8.28. The van der Waals surface area contributed by atoms with Crippen LogP contribution < -0.4 is 5.32 Å². The first kappa shape index (κ1) is 9.05. The molecule has 1 aliphatic heterocycles. The second-order valence-corrected chi connectivity index (χ2v) is 4.58. The fourth-order valence-corrected chi connectivity index (χ4v) is 2.12. The van der Waals surface area contributed by atoms with Crippen LogP contribution in [0.2, 0.25) is 0 Å². The van der Waals surface area contributed by atoms with Gasteiger partial charge in [-0.2, -0.15) is 0 Å². The normalized spacial score (nSPS) is 32.7. The summed E-state index contributed by atoms with van der Waals surface area (Å²) in [4.78, 5) is 0. The topological polar surface area (TPSA) is 12.0 Å². The average Bonchev–Trinajstić information content (AvgIpc) is 2.36. The third-order valence-electron chi connectivity index (χ3n) is 3.43. The lowest BCUT2D eigenvalue weighted by Gasteiger charge is -2.32. The molecule has 0 radical (unpaired) electrons. The number of hydrogen-bond donors (Lipinski definition) is 1. The van der Waals surface area contributed by atoms with Gasteiger partial charge in [0.25, 0.3) is 0 Å². The van der Waals surface area contributed by atoms with E-state index in [9.17, 15) is 0 Å². The van der Waals surface area contributed by atoms with Gasteiger partial charge in [0.05, 0.1) is 0 Å². The highest BCUT2D eigenvalue weighted by molar-refractivity contribution is 4.87. The van der Waals surface area contributed by atoms with Gasteiger partial charge in [-0.25, -0.2) is 0 Å². The van der Waals surface area contributed by atoms with E-state index >= 15 is 0 Å². The standard InChI is InChI=1S/C10H21N/c1-5-10(3,4)9-7-11-6-8(9)2/h8-9,11H,5-7H2,1-4H3. The molecule has 1 heterocycles. The summed E-state index contributed by atoms with van der Waals surface area (Å²) >= 11 is 0. The first-order valence-electron chi connectivity index (χ1n) is 4.78. The molecule has 0 aromatic heterocycles. The first-order chi connectivity index (χ1) is 5.08. The summed E-state index contributed by atoms with van der Waals surface area (Å²) in [5, 5.41) is 3.46. The lowest BCUT2D eigenvalue weighted by molar-refractivity contribution is 0.181. The molecule has 1 aliphatic rings. The van der Waals surface area contributed by atoms with Gasteiger partial charge < -0.3 is 5.32 Å². The predicted octanol–water partition coefficient (Wildman–Crippen LogP) is 2.28. The Morgan fingerprint density at radius 2 is 2.00 bits per heavy atom. The molecule has 1 saturated heterocycles. The number of nitrogens with one attached hydrogen (secondary N) is 1. The van der Waals surface area contributed by atoms with E-state index in [2.05, 4.69) is 33.0 Å². The summed E-state index contributed by atoms with van der Waals surface area (Å²) < 4.78 is 0. The van der Waals surface area contributed by atoms with Crippen molar-refractivity contribution >= 4 is 0 Å². The van der Waals surface area contributed by atoms with E-state index < -0.39 is 0 Å². The van der Waals surface area contributed by atoms with Crippen LogP contribution in [0.5, 0.6) is 0 Å². The molecule has 11 heavy (non-hydrogen) atoms. The molecule has 0 aliphatic carbocycles. The van der Waals surface area contributed by atoms with Crippen LogP contribution >= 0.6 is 0 Å². The van der Waals surface area contributed by atoms with E-state index in [4.69, 9.17) is 0 Å². The molecule has 2 atom stereocenters. The fraction of sp³-hybridized carbons (Fsp3) is 1.00. The maximum atomic E-state index is 3.46. The summed E-state index contributed by atoms with van der Waals surface area (Å²) in [6.45, 7) is 11.9. The molecular weight excluding hydrogens is 134 g/mol. The van der Waals surface area contributed by atoms with E-state index in [0.29, 0.717) is 5.41 Å². The van der Waals surface area contributed by atoms with Crippen molar-refractivity contribution in [1.82, 2.24) is 5.32 Å². The number of hydrogen-bond acceptors (Lipinski definition) is 1. The van der Waals surface area contributed by atoms with Crippen LogP contribution in [-0.4, -0.2) is 13.1 Å². The third kappa shape index (κ3) is 1.76. The van der Waals surface area contributed by atoms with Crippen LogP contribution in [0.15, 0.2) is 0 Å². The quantitative estimate of drug-likeness (QED) is 0.645. The van der Waals surface area contributed by atoms with Gasteiger partial charge in [-0.1, -0.05) is 34.1 Å². The van der Waals surface area contributed by atoms with Gasteiger partial charge in [0.15, 0.2) is 0 Å². The first-order valence-corrected chi connectivity index (χ1v) is 4.78. The Bertz CT molecular complexity index is 129. The van der Waals surface area contributed by atoms with Crippen molar-refractivity contribution in [3.05, 3.63) is 0 Å². The Labute approximate surface area is 70.6 Å². The number of rotatable bonds is 2. The van der Waals surface area contributed by atoms with Crippen molar-refractivity contribution in [1.29, 1.82) is 0 Å². The van der Waals surface area contributed by atoms with E-state index in [1.807, 2.05) is 0 Å². The minimum absolute atomic E-state index is 0.531. The minimum atomic E-state index is 0.531. The fourth-order valence-electron chi connectivity index (χ4n) is 2.12. The Balaban J connectivity index is 2.58. The van der Waals surface area contributed by atoms with Gasteiger partial charge in [0.1, 0.15) is 0 Å². The monoisotopic (exact) mass is 155 g/mol. The highest BCUT2D eigenvalue weighted by Gasteiger charge is 2.34. The molecule has 0 spiro atoms. The van der Waals surface area contributed by atoms with Crippen molar-refractivity contribution in [2.24, 2.45) is 17.3 Å². The zero-order chi connectivity index (χ0) is 8.48. The highest BCUT2D eigenvalue weighted by atomic mass is 14.9. The Morgan fingerprint density at radius 3 is 2.36 bits per heavy atom. The van der Waals surface area contributed by atoms with Gasteiger partial charge in [0, 0.05) is 0 Å². The van der Waals surface area contributed by atoms with Gasteiger partial charge >= 0.3 is 0 Å². The smallest absolute Gasteiger partial charge is 0.00123 e. The minimum Gasteiger partial charge on any atom is -0.316 e. The van der Waals surface area contributed by atoms with Crippen molar-refractivity contribution in [3.8, 4) is 0 Å². The maximum absolute atomic E-state index is 3.46. The van der Waals surface area contributed by atoms with E-state index in [0.717, 1.165) is 11.8 Å². The van der Waals surface area contributed by atoms with E-state index in [1.165, 1.54) is 19.5 Å². The SMILES string of the molecule is CCC(C)(C)C1CNCC1C. The van der Waals surface area contributed by atoms with Crippen LogP contribution in [0.25, 0.3) is 0 Å². The van der Waals surface area contributed by atoms with Gasteiger partial charge in [-0.15, -0.1) is 0 Å². The van der Waals surface area contributed by atoms with Crippen molar-refractivity contribution in [2.45, 2.75) is 34.1 Å². The molecule has 2 unspecified atom stereocenters. The Hall–Kier alpha value is -0.0400. The van der Waals surface area contributed by atoms with E-state index in [-0.39, 0.29) is 0 Å². The maximum Gasteiger partial charge on any atom is -0.00123 e. The molecule has 66 valence electrons. The van der Waals surface area contributed by atoms with Gasteiger partial charge in [-0.05, 0) is 30.3 Å². The molecule has 1 fully saturated rings.